The van der Waals surface area contributed by atoms with Crippen molar-refractivity contribution in [1.29, 1.82) is 0 Å². The third-order valence-electron chi connectivity index (χ3n) is 5.58. The molecule has 0 unspecified atom stereocenters. The van der Waals surface area contributed by atoms with Gasteiger partial charge >= 0.3 is 6.03 Å². The number of aryl methyl sites for hydroxylation is 1. The largest absolute Gasteiger partial charge is 0.496 e. The van der Waals surface area contributed by atoms with E-state index >= 15 is 0 Å². The second-order valence-corrected chi connectivity index (χ2v) is 8.02. The zero-order chi connectivity index (χ0) is 22.7. The number of aromatic nitrogens is 1. The van der Waals surface area contributed by atoms with Crippen molar-refractivity contribution >= 4 is 6.03 Å². The van der Waals surface area contributed by atoms with E-state index in [1.54, 1.807) is 30.7 Å². The fraction of sp³-hybridized carbons (Fsp3) is 0.478. The van der Waals surface area contributed by atoms with Crippen LogP contribution in [0.1, 0.15) is 23.6 Å². The summed E-state index contributed by atoms with van der Waals surface area (Å²) in [6.45, 7) is 3.98. The second kappa shape index (κ2) is 9.43. The van der Waals surface area contributed by atoms with Gasteiger partial charge in [-0.15, -0.1) is 0 Å². The molecule has 168 valence electrons. The molecule has 1 aromatic carbocycles. The molecule has 0 bridgehead atoms. The molecule has 0 aliphatic carbocycles. The number of hydrogen-bond donors (Lipinski definition) is 1. The smallest absolute Gasteiger partial charge is 0.317 e. The average molecular weight is 429 g/mol. The molecule has 0 saturated heterocycles. The summed E-state index contributed by atoms with van der Waals surface area (Å²) in [6, 6.07) is 3.85. The van der Waals surface area contributed by atoms with Gasteiger partial charge in [0.2, 0.25) is 0 Å². The van der Waals surface area contributed by atoms with Crippen LogP contribution >= 0.6 is 0 Å². The van der Waals surface area contributed by atoms with E-state index in [0.29, 0.717) is 38.2 Å². The lowest BCUT2D eigenvalue weighted by molar-refractivity contribution is 0.192. The van der Waals surface area contributed by atoms with Gasteiger partial charge in [0.1, 0.15) is 11.5 Å². The highest BCUT2D eigenvalue weighted by molar-refractivity contribution is 5.76. The Morgan fingerprint density at radius 1 is 1.16 bits per heavy atom. The summed E-state index contributed by atoms with van der Waals surface area (Å²) >= 11 is 0. The van der Waals surface area contributed by atoms with Crippen LogP contribution in [0.4, 0.5) is 4.79 Å². The van der Waals surface area contributed by atoms with Crippen LogP contribution in [0, 0.1) is 0 Å². The third kappa shape index (κ3) is 4.54. The van der Waals surface area contributed by atoms with Crippen LogP contribution in [0.15, 0.2) is 23.1 Å². The molecule has 8 heteroatoms. The molecular formula is C23H32N4O4. The van der Waals surface area contributed by atoms with E-state index in [9.17, 15) is 9.59 Å². The molecule has 0 spiro atoms. The molecule has 0 atom stereocenters. The predicted octanol–water partition coefficient (Wildman–Crippen LogP) is 2.22. The maximum absolute atomic E-state index is 12.9. The van der Waals surface area contributed by atoms with Crippen LogP contribution in [0.5, 0.6) is 11.5 Å². The fourth-order valence-corrected chi connectivity index (χ4v) is 4.10. The number of nitrogens with zero attached hydrogens (tertiary/aromatic N) is 3. The van der Waals surface area contributed by atoms with Gasteiger partial charge in [-0.2, -0.15) is 0 Å². The molecule has 3 rings (SSSR count). The lowest BCUT2D eigenvalue weighted by Crippen LogP contribution is -2.45. The Morgan fingerprint density at radius 3 is 2.35 bits per heavy atom. The lowest BCUT2D eigenvalue weighted by Gasteiger charge is -2.30. The van der Waals surface area contributed by atoms with E-state index in [4.69, 9.17) is 9.47 Å². The number of rotatable bonds is 6. The molecule has 1 aliphatic heterocycles. The Balaban J connectivity index is 2.13. The Kier molecular flexibility index (Phi) is 6.90. The molecule has 2 heterocycles. The van der Waals surface area contributed by atoms with Crippen molar-refractivity contribution in [1.82, 2.24) is 19.7 Å². The second-order valence-electron chi connectivity index (χ2n) is 8.02. The van der Waals surface area contributed by atoms with Crippen LogP contribution < -0.4 is 20.3 Å². The monoisotopic (exact) mass is 428 g/mol. The topological polar surface area (TPSA) is 76.0 Å². The molecule has 2 amide bonds. The van der Waals surface area contributed by atoms with Crippen molar-refractivity contribution in [3.8, 4) is 22.6 Å². The van der Waals surface area contributed by atoms with Gasteiger partial charge in [0.25, 0.3) is 5.56 Å². The summed E-state index contributed by atoms with van der Waals surface area (Å²) < 4.78 is 13.0. The molecule has 0 fully saturated rings. The van der Waals surface area contributed by atoms with E-state index in [1.165, 1.54) is 0 Å². The number of methoxy groups -OCH3 is 2. The van der Waals surface area contributed by atoms with Crippen LogP contribution in [-0.4, -0.2) is 61.8 Å². The summed E-state index contributed by atoms with van der Waals surface area (Å²) in [5.74, 6) is 1.48. The molecule has 2 aromatic rings. The molecule has 1 aliphatic rings. The molecule has 0 saturated carbocycles. The molecule has 0 radical (unpaired) electrons. The quantitative estimate of drug-likeness (QED) is 0.764. The van der Waals surface area contributed by atoms with E-state index in [1.807, 2.05) is 39.3 Å². The first-order valence-corrected chi connectivity index (χ1v) is 10.4. The number of amides is 2. The first-order chi connectivity index (χ1) is 14.8. The van der Waals surface area contributed by atoms with Crippen molar-refractivity contribution in [2.75, 3.05) is 41.4 Å². The van der Waals surface area contributed by atoms with Crippen molar-refractivity contribution < 1.29 is 14.3 Å². The number of hydrogen-bond acceptors (Lipinski definition) is 5. The molecule has 8 nitrogen and oxygen atoms in total. The average Bonchev–Trinajstić information content (AvgIpc) is 2.75. The van der Waals surface area contributed by atoms with Gasteiger partial charge in [0.05, 0.1) is 26.3 Å². The number of urea groups is 1. The maximum atomic E-state index is 12.9. The number of pyridine rings is 1. The van der Waals surface area contributed by atoms with Crippen molar-refractivity contribution in [3.05, 3.63) is 45.4 Å². The number of ether oxygens (including phenoxy) is 2. The van der Waals surface area contributed by atoms with E-state index in [-0.39, 0.29) is 11.6 Å². The SMILES string of the molecule is CCNC(=O)N1CCc2c(-c3cc(OC)c(CN(C)C)c(OC)c3)cn(C)c(=O)c2C1. The summed E-state index contributed by atoms with van der Waals surface area (Å²) in [4.78, 5) is 29.0. The van der Waals surface area contributed by atoms with Crippen molar-refractivity contribution in [3.63, 3.8) is 0 Å². The number of fused-ring (bicyclic) bond motifs is 1. The molecule has 1 aromatic heterocycles. The predicted molar refractivity (Wildman–Crippen MR) is 121 cm³/mol. The Morgan fingerprint density at radius 2 is 1.81 bits per heavy atom. The highest BCUT2D eigenvalue weighted by atomic mass is 16.5. The van der Waals surface area contributed by atoms with Crippen LogP contribution in [0.3, 0.4) is 0 Å². The van der Waals surface area contributed by atoms with Gasteiger partial charge < -0.3 is 29.2 Å². The van der Waals surface area contributed by atoms with E-state index < -0.39 is 0 Å². The van der Waals surface area contributed by atoms with E-state index in [2.05, 4.69) is 10.2 Å². The highest BCUT2D eigenvalue weighted by Crippen LogP contribution is 2.38. The van der Waals surface area contributed by atoms with Gasteiger partial charge in [-0.05, 0) is 50.7 Å². The fourth-order valence-electron chi connectivity index (χ4n) is 4.10. The minimum atomic E-state index is -0.142. The summed E-state index contributed by atoms with van der Waals surface area (Å²) in [5, 5.41) is 2.82. The Bertz CT molecular complexity index is 1000. The van der Waals surface area contributed by atoms with E-state index in [0.717, 1.165) is 33.8 Å². The number of carbonyl (C=O) groups is 1. The Hall–Kier alpha value is -3.00. The lowest BCUT2D eigenvalue weighted by atomic mass is 9.91. The number of carbonyl (C=O) groups excluding carboxylic acids is 1. The number of nitrogens with one attached hydrogen (secondary N) is 1. The highest BCUT2D eigenvalue weighted by Gasteiger charge is 2.26. The first-order valence-electron chi connectivity index (χ1n) is 10.4. The summed E-state index contributed by atoms with van der Waals surface area (Å²) in [6.07, 6.45) is 2.48. The van der Waals surface area contributed by atoms with Gasteiger partial charge in [-0.1, -0.05) is 0 Å². The van der Waals surface area contributed by atoms with Gasteiger partial charge in [-0.3, -0.25) is 4.79 Å². The molecule has 1 N–H and O–H groups in total. The summed E-state index contributed by atoms with van der Waals surface area (Å²) in [5.41, 5.74) is 4.42. The number of benzene rings is 1. The van der Waals surface area contributed by atoms with Gasteiger partial charge in [0.15, 0.2) is 0 Å². The van der Waals surface area contributed by atoms with Crippen molar-refractivity contribution in [2.24, 2.45) is 7.05 Å². The maximum Gasteiger partial charge on any atom is 0.317 e. The van der Waals surface area contributed by atoms with Gasteiger partial charge in [0, 0.05) is 44.0 Å². The van der Waals surface area contributed by atoms with Crippen molar-refractivity contribution in [2.45, 2.75) is 26.4 Å². The van der Waals surface area contributed by atoms with Crippen LogP contribution in [0.25, 0.3) is 11.1 Å². The normalized spacial score (nSPS) is 13.2. The summed E-state index contributed by atoms with van der Waals surface area (Å²) in [7, 11) is 9.04. The zero-order valence-corrected chi connectivity index (χ0v) is 19.2. The Labute approximate surface area is 183 Å². The first kappa shape index (κ1) is 22.7. The minimum Gasteiger partial charge on any atom is -0.496 e. The van der Waals surface area contributed by atoms with Gasteiger partial charge in [-0.25, -0.2) is 4.79 Å². The van der Waals surface area contributed by atoms with Crippen LogP contribution in [0.2, 0.25) is 0 Å². The molecule has 31 heavy (non-hydrogen) atoms. The van der Waals surface area contributed by atoms with Crippen LogP contribution in [-0.2, 0) is 26.6 Å². The third-order valence-corrected chi connectivity index (χ3v) is 5.58. The molecular weight excluding hydrogens is 396 g/mol. The standard InChI is InChI=1S/C23H32N4O4/c1-7-24-23(29)27-9-8-16-17(13-26(4)22(28)18(16)14-27)15-10-20(30-5)19(12-25(2)3)21(11-15)31-6/h10-11,13H,7-9,12,14H2,1-6H3,(H,24,29). The minimum absolute atomic E-state index is 0.0732. The zero-order valence-electron chi connectivity index (χ0n) is 19.2.